The molecule has 0 fully saturated rings. The van der Waals surface area contributed by atoms with Crippen LogP contribution in [0.5, 0.6) is 0 Å². The molecular formula is C18H23N3O4. The van der Waals surface area contributed by atoms with Crippen molar-refractivity contribution in [1.29, 1.82) is 0 Å². The molecule has 2 amide bonds. The van der Waals surface area contributed by atoms with Gasteiger partial charge in [0.2, 0.25) is 5.91 Å². The van der Waals surface area contributed by atoms with Crippen molar-refractivity contribution in [1.82, 2.24) is 5.43 Å². The number of rotatable bonds is 6. The Hall–Kier alpha value is -2.70. The molecule has 0 saturated heterocycles. The van der Waals surface area contributed by atoms with E-state index in [1.807, 2.05) is 24.3 Å². The molecule has 134 valence electrons. The predicted octanol–water partition coefficient (Wildman–Crippen LogP) is 2.34. The molecule has 0 radical (unpaired) electrons. The maximum Gasteiger partial charge on any atom is 0.355 e. The first-order valence-corrected chi connectivity index (χ1v) is 8.38. The zero-order chi connectivity index (χ0) is 18.4. The fourth-order valence-electron chi connectivity index (χ4n) is 2.40. The first-order valence-electron chi connectivity index (χ1n) is 8.38. The second-order valence-electron chi connectivity index (χ2n) is 6.03. The van der Waals surface area contributed by atoms with Gasteiger partial charge in [0.05, 0.1) is 0 Å². The molecule has 1 heterocycles. The Morgan fingerprint density at radius 2 is 2.00 bits per heavy atom. The standard InChI is InChI=1S/C18H23N3O4/c1-4-11(2)13-7-5-6-8-14(13)19-17(23)12(3)25-18(24)15-9-10-16(22)21-20-15/h5-8,11-12H,4,9-10H2,1-3H3,(H,19,23)(H,21,22)/t11-,12-/m0/s1. The van der Waals surface area contributed by atoms with Crippen LogP contribution in [0.15, 0.2) is 29.4 Å². The van der Waals surface area contributed by atoms with Gasteiger partial charge in [-0.2, -0.15) is 5.10 Å². The summed E-state index contributed by atoms with van der Waals surface area (Å²) in [6.45, 7) is 5.67. The number of hydrogen-bond acceptors (Lipinski definition) is 5. The molecule has 1 aliphatic rings. The lowest BCUT2D eigenvalue weighted by Crippen LogP contribution is -2.35. The van der Waals surface area contributed by atoms with E-state index >= 15 is 0 Å². The highest BCUT2D eigenvalue weighted by molar-refractivity contribution is 6.37. The Labute approximate surface area is 146 Å². The number of nitrogens with zero attached hydrogens (tertiary/aromatic N) is 1. The summed E-state index contributed by atoms with van der Waals surface area (Å²) in [7, 11) is 0. The number of hydrazone groups is 1. The molecule has 25 heavy (non-hydrogen) atoms. The summed E-state index contributed by atoms with van der Waals surface area (Å²) in [5.41, 5.74) is 4.09. The molecule has 0 spiro atoms. The van der Waals surface area contributed by atoms with Crippen molar-refractivity contribution in [2.24, 2.45) is 5.10 Å². The molecule has 0 saturated carbocycles. The average Bonchev–Trinajstić information content (AvgIpc) is 2.61. The lowest BCUT2D eigenvalue weighted by molar-refractivity contribution is -0.146. The van der Waals surface area contributed by atoms with E-state index in [-0.39, 0.29) is 24.5 Å². The topological polar surface area (TPSA) is 96.9 Å². The number of ether oxygens (including phenoxy) is 1. The number of para-hydroxylation sites is 1. The van der Waals surface area contributed by atoms with Crippen molar-refractivity contribution >= 4 is 29.2 Å². The molecule has 2 N–H and O–H groups in total. The maximum atomic E-state index is 12.3. The summed E-state index contributed by atoms with van der Waals surface area (Å²) < 4.78 is 5.15. The second kappa shape index (κ2) is 8.41. The smallest absolute Gasteiger partial charge is 0.355 e. The molecule has 1 aliphatic heterocycles. The van der Waals surface area contributed by atoms with Crippen LogP contribution in [0, 0.1) is 0 Å². The second-order valence-corrected chi connectivity index (χ2v) is 6.03. The molecule has 7 heteroatoms. The zero-order valence-electron chi connectivity index (χ0n) is 14.7. The molecule has 2 rings (SSSR count). The van der Waals surface area contributed by atoms with Gasteiger partial charge in [-0.15, -0.1) is 0 Å². The highest BCUT2D eigenvalue weighted by Gasteiger charge is 2.25. The van der Waals surface area contributed by atoms with E-state index in [1.54, 1.807) is 0 Å². The van der Waals surface area contributed by atoms with Crippen molar-refractivity contribution in [3.05, 3.63) is 29.8 Å². The number of hydrogen-bond donors (Lipinski definition) is 2. The van der Waals surface area contributed by atoms with E-state index in [0.29, 0.717) is 11.6 Å². The van der Waals surface area contributed by atoms with Gasteiger partial charge >= 0.3 is 5.97 Å². The lowest BCUT2D eigenvalue weighted by atomic mass is 9.97. The van der Waals surface area contributed by atoms with Crippen molar-refractivity contribution < 1.29 is 19.1 Å². The lowest BCUT2D eigenvalue weighted by Gasteiger charge is -2.18. The first-order chi connectivity index (χ1) is 11.9. The quantitative estimate of drug-likeness (QED) is 0.773. The van der Waals surface area contributed by atoms with Crippen molar-refractivity contribution in [3.8, 4) is 0 Å². The number of benzene rings is 1. The molecule has 0 aliphatic carbocycles. The minimum atomic E-state index is -0.974. The van der Waals surface area contributed by atoms with Gasteiger partial charge in [-0.25, -0.2) is 10.2 Å². The number of carbonyl (C=O) groups is 3. The van der Waals surface area contributed by atoms with E-state index < -0.39 is 18.0 Å². The Morgan fingerprint density at radius 1 is 1.28 bits per heavy atom. The van der Waals surface area contributed by atoms with Crippen molar-refractivity contribution in [3.63, 3.8) is 0 Å². The Bertz CT molecular complexity index is 699. The van der Waals surface area contributed by atoms with Crippen LogP contribution in [-0.2, 0) is 19.1 Å². The van der Waals surface area contributed by atoms with Gasteiger partial charge in [0.15, 0.2) is 6.10 Å². The van der Waals surface area contributed by atoms with Crippen LogP contribution in [0.3, 0.4) is 0 Å². The summed E-state index contributed by atoms with van der Waals surface area (Å²) in [5.74, 6) is -1.05. The predicted molar refractivity (Wildman–Crippen MR) is 94.1 cm³/mol. The summed E-state index contributed by atoms with van der Waals surface area (Å²) in [4.78, 5) is 35.4. The molecule has 0 aromatic heterocycles. The van der Waals surface area contributed by atoms with Crippen molar-refractivity contribution in [2.75, 3.05) is 5.32 Å². The molecule has 0 bridgehead atoms. The summed E-state index contributed by atoms with van der Waals surface area (Å²) in [6, 6.07) is 7.57. The van der Waals surface area contributed by atoms with Crippen LogP contribution in [0.1, 0.15) is 51.5 Å². The number of esters is 1. The maximum absolute atomic E-state index is 12.3. The van der Waals surface area contributed by atoms with E-state index in [1.165, 1.54) is 6.92 Å². The van der Waals surface area contributed by atoms with Gasteiger partial charge in [-0.1, -0.05) is 32.0 Å². The minimum absolute atomic E-state index is 0.110. The molecule has 1 aromatic rings. The number of nitrogens with one attached hydrogen (secondary N) is 2. The van der Waals surface area contributed by atoms with Gasteiger partial charge in [0.1, 0.15) is 5.71 Å². The molecular weight excluding hydrogens is 322 g/mol. The van der Waals surface area contributed by atoms with Gasteiger partial charge in [0.25, 0.3) is 5.91 Å². The average molecular weight is 345 g/mol. The summed E-state index contributed by atoms with van der Waals surface area (Å²) >= 11 is 0. The SMILES string of the molecule is CC[C@H](C)c1ccccc1NC(=O)[C@H](C)OC(=O)C1=NNC(=O)CC1. The third-order valence-corrected chi connectivity index (χ3v) is 4.16. The normalized spacial score (nSPS) is 16.3. The van der Waals surface area contributed by atoms with Gasteiger partial charge < -0.3 is 10.1 Å². The zero-order valence-corrected chi connectivity index (χ0v) is 14.7. The fraction of sp³-hybridized carbons (Fsp3) is 0.444. The summed E-state index contributed by atoms with van der Waals surface area (Å²) in [5, 5.41) is 6.48. The number of amides is 2. The molecule has 2 atom stereocenters. The third-order valence-electron chi connectivity index (χ3n) is 4.16. The van der Waals surface area contributed by atoms with Crippen molar-refractivity contribution in [2.45, 2.75) is 52.1 Å². The van der Waals surface area contributed by atoms with Crippen LogP contribution in [0.2, 0.25) is 0 Å². The third kappa shape index (κ3) is 4.89. The van der Waals surface area contributed by atoms with Crippen LogP contribution in [0.4, 0.5) is 5.69 Å². The number of carbonyl (C=O) groups excluding carboxylic acids is 3. The monoisotopic (exact) mass is 345 g/mol. The van der Waals surface area contributed by atoms with Gasteiger partial charge in [-0.3, -0.25) is 9.59 Å². The molecule has 1 aromatic carbocycles. The Kier molecular flexibility index (Phi) is 6.27. The van der Waals surface area contributed by atoms with Crippen LogP contribution in [-0.4, -0.2) is 29.6 Å². The Morgan fingerprint density at radius 3 is 2.64 bits per heavy atom. The minimum Gasteiger partial charge on any atom is -0.448 e. The van der Waals surface area contributed by atoms with E-state index in [0.717, 1.165) is 12.0 Å². The highest BCUT2D eigenvalue weighted by Crippen LogP contribution is 2.26. The Balaban J connectivity index is 1.99. The fourth-order valence-corrected chi connectivity index (χ4v) is 2.40. The molecule has 7 nitrogen and oxygen atoms in total. The van der Waals surface area contributed by atoms with E-state index in [2.05, 4.69) is 29.7 Å². The van der Waals surface area contributed by atoms with Gasteiger partial charge in [-0.05, 0) is 30.9 Å². The summed E-state index contributed by atoms with van der Waals surface area (Å²) in [6.07, 6.45) is 0.355. The van der Waals surface area contributed by atoms with Crippen LogP contribution in [0.25, 0.3) is 0 Å². The molecule has 0 unspecified atom stereocenters. The van der Waals surface area contributed by atoms with Crippen LogP contribution < -0.4 is 10.7 Å². The van der Waals surface area contributed by atoms with E-state index in [9.17, 15) is 14.4 Å². The van der Waals surface area contributed by atoms with Gasteiger partial charge in [0, 0.05) is 18.5 Å². The van der Waals surface area contributed by atoms with E-state index in [4.69, 9.17) is 4.74 Å². The van der Waals surface area contributed by atoms with Crippen LogP contribution >= 0.6 is 0 Å². The highest BCUT2D eigenvalue weighted by atomic mass is 16.5. The largest absolute Gasteiger partial charge is 0.448 e. The first kappa shape index (κ1) is 18.6. The number of anilines is 1.